The maximum atomic E-state index is 12.3. The summed E-state index contributed by atoms with van der Waals surface area (Å²) in [6.07, 6.45) is -0.192. The van der Waals surface area contributed by atoms with Gasteiger partial charge in [0.1, 0.15) is 0 Å². The number of hydrogen-bond acceptors (Lipinski definition) is 4. The lowest BCUT2D eigenvalue weighted by Crippen LogP contribution is -3.11. The van der Waals surface area contributed by atoms with Crippen LogP contribution >= 0.6 is 0 Å². The summed E-state index contributed by atoms with van der Waals surface area (Å²) in [6.45, 7) is 7.76. The van der Waals surface area contributed by atoms with Crippen LogP contribution in [0.15, 0.2) is 42.5 Å². The highest BCUT2D eigenvalue weighted by atomic mass is 16.5. The number of aryl methyl sites for hydroxylation is 2. The van der Waals surface area contributed by atoms with Crippen LogP contribution in [0.2, 0.25) is 0 Å². The van der Waals surface area contributed by atoms with Gasteiger partial charge in [-0.3, -0.25) is 9.59 Å². The lowest BCUT2D eigenvalue weighted by atomic mass is 10.1. The van der Waals surface area contributed by atoms with E-state index in [1.807, 2.05) is 32.0 Å². The molecule has 0 spiro atoms. The van der Waals surface area contributed by atoms with Gasteiger partial charge in [-0.15, -0.1) is 0 Å². The van der Waals surface area contributed by atoms with E-state index in [1.54, 1.807) is 45.2 Å². The minimum Gasteiger partial charge on any atom is -0.459 e. The molecule has 2 aromatic rings. The molecule has 0 fully saturated rings. The van der Waals surface area contributed by atoms with Crippen molar-refractivity contribution in [3.05, 3.63) is 59.2 Å². The number of amides is 2. The number of quaternary nitrogens is 1. The quantitative estimate of drug-likeness (QED) is 0.579. The first-order valence-electron chi connectivity index (χ1n) is 9.94. The van der Waals surface area contributed by atoms with E-state index in [9.17, 15) is 14.4 Å². The molecule has 2 amide bonds. The second-order valence-corrected chi connectivity index (χ2v) is 7.71. The molecule has 0 heterocycles. The van der Waals surface area contributed by atoms with Crippen LogP contribution in [0.25, 0.3) is 0 Å². The van der Waals surface area contributed by atoms with Crippen molar-refractivity contribution in [3.8, 4) is 0 Å². The van der Waals surface area contributed by atoms with Crippen LogP contribution in [0.3, 0.4) is 0 Å². The topological polar surface area (TPSA) is 88.9 Å². The monoisotopic (exact) mass is 412 g/mol. The number of carbonyl (C=O) groups excluding carboxylic acids is 3. The Labute approximate surface area is 177 Å². The number of esters is 1. The second-order valence-electron chi connectivity index (χ2n) is 7.71. The third-order valence-electron chi connectivity index (χ3n) is 4.42. The highest BCUT2D eigenvalue weighted by Gasteiger charge is 2.16. The molecule has 7 heteroatoms. The fourth-order valence-corrected chi connectivity index (χ4v) is 2.98. The number of nitrogens with one attached hydrogen (secondary N) is 3. The van der Waals surface area contributed by atoms with Crippen molar-refractivity contribution in [2.45, 2.75) is 33.8 Å². The van der Waals surface area contributed by atoms with Gasteiger partial charge in [-0.1, -0.05) is 18.2 Å². The third kappa shape index (κ3) is 7.00. The third-order valence-corrected chi connectivity index (χ3v) is 4.42. The largest absolute Gasteiger partial charge is 0.459 e. The molecule has 2 rings (SSSR count). The van der Waals surface area contributed by atoms with Gasteiger partial charge in [0.2, 0.25) is 0 Å². The molecule has 3 N–H and O–H groups in total. The number of hydrogen-bond donors (Lipinski definition) is 3. The summed E-state index contributed by atoms with van der Waals surface area (Å²) >= 11 is 0. The number of likely N-dealkylation sites (N-methyl/N-ethyl adjacent to an activating group) is 1. The molecule has 2 aromatic carbocycles. The van der Waals surface area contributed by atoms with Gasteiger partial charge in [0.25, 0.3) is 11.8 Å². The van der Waals surface area contributed by atoms with Crippen LogP contribution in [0.4, 0.5) is 11.4 Å². The first kappa shape index (κ1) is 23.1. The van der Waals surface area contributed by atoms with E-state index < -0.39 is 5.97 Å². The van der Waals surface area contributed by atoms with Gasteiger partial charge in [0.15, 0.2) is 13.1 Å². The molecule has 30 heavy (non-hydrogen) atoms. The van der Waals surface area contributed by atoms with Crippen LogP contribution in [-0.4, -0.2) is 44.0 Å². The zero-order chi connectivity index (χ0) is 22.3. The first-order chi connectivity index (χ1) is 14.2. The van der Waals surface area contributed by atoms with Crippen molar-refractivity contribution in [2.75, 3.05) is 30.8 Å². The molecule has 0 radical (unpaired) electrons. The molecule has 0 aliphatic rings. The van der Waals surface area contributed by atoms with Gasteiger partial charge < -0.3 is 20.3 Å². The summed E-state index contributed by atoms with van der Waals surface area (Å²) in [5, 5.41) is 5.70. The molecule has 1 atom stereocenters. The zero-order valence-electron chi connectivity index (χ0n) is 18.2. The van der Waals surface area contributed by atoms with E-state index in [-0.39, 0.29) is 31.0 Å². The average Bonchev–Trinajstić information content (AvgIpc) is 2.64. The number of carbonyl (C=O) groups is 3. The van der Waals surface area contributed by atoms with E-state index in [2.05, 4.69) is 10.6 Å². The molecule has 0 aliphatic heterocycles. The second kappa shape index (κ2) is 10.5. The van der Waals surface area contributed by atoms with E-state index in [0.29, 0.717) is 11.3 Å². The van der Waals surface area contributed by atoms with Gasteiger partial charge in [0, 0.05) is 11.4 Å². The van der Waals surface area contributed by atoms with Crippen LogP contribution in [0.5, 0.6) is 0 Å². The van der Waals surface area contributed by atoms with Crippen molar-refractivity contribution in [1.82, 2.24) is 0 Å². The lowest BCUT2D eigenvalue weighted by Gasteiger charge is -2.15. The first-order valence-corrected chi connectivity index (χ1v) is 9.94. The fraction of sp³-hybridized carbons (Fsp3) is 0.348. The van der Waals surface area contributed by atoms with Gasteiger partial charge in [0.05, 0.1) is 18.7 Å². The molecular weight excluding hydrogens is 382 g/mol. The van der Waals surface area contributed by atoms with Crippen LogP contribution < -0.4 is 15.5 Å². The maximum absolute atomic E-state index is 12.3. The van der Waals surface area contributed by atoms with E-state index >= 15 is 0 Å². The van der Waals surface area contributed by atoms with Crippen molar-refractivity contribution < 1.29 is 24.0 Å². The summed E-state index contributed by atoms with van der Waals surface area (Å²) in [7, 11) is 1.79. The Hall–Kier alpha value is -3.19. The summed E-state index contributed by atoms with van der Waals surface area (Å²) < 4.78 is 5.14. The smallest absolute Gasteiger partial charge is 0.338 e. The standard InChI is InChI=1S/C23H29N3O4/c1-15(2)30-23(29)18-9-11-19(12-10-18)24-20(27)13-26(5)14-21(28)25-22-16(3)7-6-8-17(22)4/h6-12,15H,13-14H2,1-5H3,(H,24,27)(H,25,28)/p+1. The SMILES string of the molecule is Cc1cccc(C)c1NC(=O)C[NH+](C)CC(=O)Nc1ccc(C(=O)OC(C)C)cc1. The van der Waals surface area contributed by atoms with Gasteiger partial charge in [-0.2, -0.15) is 0 Å². The Kier molecular flexibility index (Phi) is 8.12. The molecule has 0 saturated carbocycles. The number of para-hydroxylation sites is 1. The van der Waals surface area contributed by atoms with Crippen LogP contribution in [-0.2, 0) is 14.3 Å². The van der Waals surface area contributed by atoms with Crippen LogP contribution in [0.1, 0.15) is 35.3 Å². The Morgan fingerprint density at radius 1 is 0.900 bits per heavy atom. The molecule has 0 saturated heterocycles. The molecule has 1 unspecified atom stereocenters. The van der Waals surface area contributed by atoms with Crippen molar-refractivity contribution in [2.24, 2.45) is 0 Å². The minimum atomic E-state index is -0.401. The zero-order valence-corrected chi connectivity index (χ0v) is 18.2. The van der Waals surface area contributed by atoms with Crippen molar-refractivity contribution in [3.63, 3.8) is 0 Å². The molecule has 7 nitrogen and oxygen atoms in total. The Morgan fingerprint density at radius 2 is 1.43 bits per heavy atom. The van der Waals surface area contributed by atoms with E-state index in [4.69, 9.17) is 4.74 Å². The van der Waals surface area contributed by atoms with Gasteiger partial charge >= 0.3 is 5.97 Å². The number of rotatable bonds is 8. The molecule has 0 bridgehead atoms. The summed E-state index contributed by atoms with van der Waals surface area (Å²) in [6, 6.07) is 12.3. The fourth-order valence-electron chi connectivity index (χ4n) is 2.98. The Morgan fingerprint density at radius 3 is 1.97 bits per heavy atom. The number of benzene rings is 2. The number of anilines is 2. The Bertz CT molecular complexity index is 887. The number of ether oxygens (including phenoxy) is 1. The highest BCUT2D eigenvalue weighted by molar-refractivity contribution is 5.95. The Balaban J connectivity index is 1.84. The van der Waals surface area contributed by atoms with E-state index in [1.165, 1.54) is 0 Å². The summed E-state index contributed by atoms with van der Waals surface area (Å²) in [5.41, 5.74) is 3.82. The molecule has 160 valence electrons. The average molecular weight is 413 g/mol. The predicted molar refractivity (Wildman–Crippen MR) is 117 cm³/mol. The van der Waals surface area contributed by atoms with Crippen LogP contribution in [0, 0.1) is 13.8 Å². The predicted octanol–water partition coefficient (Wildman–Crippen LogP) is 1.96. The van der Waals surface area contributed by atoms with E-state index in [0.717, 1.165) is 21.7 Å². The van der Waals surface area contributed by atoms with Crippen molar-refractivity contribution >= 4 is 29.2 Å². The van der Waals surface area contributed by atoms with Gasteiger partial charge in [-0.25, -0.2) is 4.79 Å². The molecule has 0 aromatic heterocycles. The molecule has 0 aliphatic carbocycles. The normalized spacial score (nSPS) is 11.7. The summed E-state index contributed by atoms with van der Waals surface area (Å²) in [4.78, 5) is 37.2. The highest BCUT2D eigenvalue weighted by Crippen LogP contribution is 2.18. The summed E-state index contributed by atoms with van der Waals surface area (Å²) in [5.74, 6) is -0.766. The van der Waals surface area contributed by atoms with Gasteiger partial charge in [-0.05, 0) is 63.1 Å². The minimum absolute atomic E-state index is 0.136. The maximum Gasteiger partial charge on any atom is 0.338 e. The molecular formula is C23H30N3O4+. The lowest BCUT2D eigenvalue weighted by molar-refractivity contribution is -0.862. The van der Waals surface area contributed by atoms with Crippen molar-refractivity contribution in [1.29, 1.82) is 0 Å².